The van der Waals surface area contributed by atoms with Gasteiger partial charge in [-0.2, -0.15) is 0 Å². The lowest BCUT2D eigenvalue weighted by atomic mass is 9.67. The van der Waals surface area contributed by atoms with Gasteiger partial charge in [0.1, 0.15) is 23.2 Å². The molecule has 2 saturated heterocycles. The fourth-order valence-corrected chi connectivity index (χ4v) is 6.26. The zero-order chi connectivity index (χ0) is 18.7. The lowest BCUT2D eigenvalue weighted by Crippen LogP contribution is -2.68. The molecule has 7 unspecified atom stereocenters. The Bertz CT molecular complexity index is 788. The van der Waals surface area contributed by atoms with E-state index in [-0.39, 0.29) is 12.2 Å². The maximum atomic E-state index is 15.0. The van der Waals surface area contributed by atoms with Crippen molar-refractivity contribution in [2.45, 2.75) is 35.3 Å². The lowest BCUT2D eigenvalue weighted by molar-refractivity contribution is -0.155. The van der Waals surface area contributed by atoms with Crippen molar-refractivity contribution in [2.24, 2.45) is 11.8 Å². The number of carboxylic acids is 1. The fraction of sp³-hybridized carbons (Fsp3) is 0.444. The van der Waals surface area contributed by atoms with Gasteiger partial charge >= 0.3 is 5.97 Å². The van der Waals surface area contributed by atoms with Crippen LogP contribution in [-0.2, 0) is 9.59 Å². The van der Waals surface area contributed by atoms with Crippen molar-refractivity contribution in [1.82, 2.24) is 4.90 Å². The third-order valence-electron chi connectivity index (χ3n) is 5.59. The van der Waals surface area contributed by atoms with Gasteiger partial charge in [0.15, 0.2) is 5.78 Å². The molecule has 0 radical (unpaired) electrons. The second-order valence-corrected chi connectivity index (χ2v) is 8.63. The predicted molar refractivity (Wildman–Crippen MR) is 95.8 cm³/mol. The minimum absolute atomic E-state index is 0.0663. The van der Waals surface area contributed by atoms with Crippen LogP contribution in [0.5, 0.6) is 5.75 Å². The highest BCUT2D eigenvalue weighted by Gasteiger charge is 2.62. The average Bonchev–Trinajstić information content (AvgIpc) is 2.57. The Morgan fingerprint density at radius 2 is 2.00 bits per heavy atom. The fourth-order valence-electron chi connectivity index (χ4n) is 4.41. The summed E-state index contributed by atoms with van der Waals surface area (Å²) in [5.74, 6) is -4.16. The van der Waals surface area contributed by atoms with Gasteiger partial charge in [-0.25, -0.2) is 4.39 Å². The summed E-state index contributed by atoms with van der Waals surface area (Å²) in [4.78, 5) is 26.1. The number of phenolic OH excluding ortho intramolecular Hbond substituents is 1. The van der Waals surface area contributed by atoms with Gasteiger partial charge in [-0.05, 0) is 24.1 Å². The summed E-state index contributed by atoms with van der Waals surface area (Å²) in [6, 6.07) is 5.73. The number of halogens is 2. The SMILES string of the molecule is C=C1SC2C(C(=O)O)C(=O)C3CC(F)C(c4ccc(O)cc4)C(Cl)C3N12. The largest absolute Gasteiger partial charge is 0.508 e. The molecule has 0 spiro atoms. The van der Waals surface area contributed by atoms with Crippen LogP contribution in [0.2, 0.25) is 0 Å². The molecule has 1 aliphatic carbocycles. The van der Waals surface area contributed by atoms with Crippen molar-refractivity contribution in [3.05, 3.63) is 41.4 Å². The molecular weight excluding hydrogens is 381 g/mol. The number of aromatic hydroxyl groups is 1. The highest BCUT2D eigenvalue weighted by molar-refractivity contribution is 8.05. The Hall–Kier alpha value is -1.73. The van der Waals surface area contributed by atoms with E-state index in [1.54, 1.807) is 17.0 Å². The molecule has 8 heteroatoms. The summed E-state index contributed by atoms with van der Waals surface area (Å²) in [5, 5.41) is 18.3. The molecule has 0 bridgehead atoms. The first-order valence-corrected chi connectivity index (χ1v) is 9.60. The number of benzene rings is 1. The Morgan fingerprint density at radius 1 is 1.35 bits per heavy atom. The van der Waals surface area contributed by atoms with Crippen LogP contribution in [0.15, 0.2) is 35.9 Å². The number of aliphatic carboxylic acids is 1. The zero-order valence-electron chi connectivity index (χ0n) is 13.6. The Balaban J connectivity index is 1.71. The highest BCUT2D eigenvalue weighted by atomic mass is 35.5. The standard InChI is InChI=1S/C18H17ClFNO4S/c1-7-21-15-10(16(23)13(18(24)25)17(21)26-7)6-11(20)12(14(15)19)8-2-4-9(22)5-3-8/h2-5,10-15,17,22H,1,6H2,(H,24,25). The van der Waals surface area contributed by atoms with E-state index in [1.807, 2.05) is 0 Å². The van der Waals surface area contributed by atoms with E-state index in [4.69, 9.17) is 11.6 Å². The second kappa shape index (κ2) is 6.16. The van der Waals surface area contributed by atoms with Crippen molar-refractivity contribution in [2.75, 3.05) is 0 Å². The first kappa shape index (κ1) is 17.7. The highest BCUT2D eigenvalue weighted by Crippen LogP contribution is 2.56. The van der Waals surface area contributed by atoms with Gasteiger partial charge in [-0.1, -0.05) is 30.5 Å². The molecule has 2 N–H and O–H groups in total. The number of phenols is 1. The summed E-state index contributed by atoms with van der Waals surface area (Å²) in [6.45, 7) is 3.92. The van der Waals surface area contributed by atoms with Gasteiger partial charge in [-0.3, -0.25) is 9.59 Å². The van der Waals surface area contributed by atoms with E-state index in [0.717, 1.165) is 0 Å². The van der Waals surface area contributed by atoms with Crippen molar-refractivity contribution < 1.29 is 24.2 Å². The second-order valence-electron chi connectivity index (χ2n) is 6.94. The lowest BCUT2D eigenvalue weighted by Gasteiger charge is -2.59. The number of carboxylic acid groups (broad SMARTS) is 1. The van der Waals surface area contributed by atoms with Gasteiger partial charge in [0.25, 0.3) is 0 Å². The summed E-state index contributed by atoms with van der Waals surface area (Å²) >= 11 is 7.94. The molecular formula is C18H17ClFNO4S. The van der Waals surface area contributed by atoms with Gasteiger partial charge < -0.3 is 15.1 Å². The van der Waals surface area contributed by atoms with Crippen LogP contribution in [0.4, 0.5) is 4.39 Å². The van der Waals surface area contributed by atoms with Crippen molar-refractivity contribution in [3.63, 3.8) is 0 Å². The number of carbonyl (C=O) groups is 2. The molecule has 1 aromatic rings. The normalized spacial score (nSPS) is 39.0. The number of carbonyl (C=O) groups excluding carboxylic acids is 1. The third-order valence-corrected chi connectivity index (χ3v) is 7.34. The van der Waals surface area contributed by atoms with Gasteiger partial charge in [0.05, 0.1) is 16.4 Å². The van der Waals surface area contributed by atoms with Gasteiger partial charge in [0, 0.05) is 11.8 Å². The van der Waals surface area contributed by atoms with Gasteiger partial charge in [0.2, 0.25) is 0 Å². The average molecular weight is 398 g/mol. The van der Waals surface area contributed by atoms with E-state index in [0.29, 0.717) is 10.6 Å². The van der Waals surface area contributed by atoms with Crippen molar-refractivity contribution in [3.8, 4) is 5.75 Å². The quantitative estimate of drug-likeness (QED) is 0.590. The number of alkyl halides is 2. The Labute approximate surface area is 158 Å². The maximum Gasteiger partial charge on any atom is 0.317 e. The molecule has 3 aliphatic rings. The van der Waals surface area contributed by atoms with Crippen LogP contribution in [0.3, 0.4) is 0 Å². The molecule has 0 amide bonds. The molecule has 0 aromatic heterocycles. The third kappa shape index (κ3) is 2.44. The topological polar surface area (TPSA) is 77.8 Å². The van der Waals surface area contributed by atoms with Gasteiger partial charge in [-0.15, -0.1) is 11.6 Å². The number of thioether (sulfide) groups is 1. The van der Waals surface area contributed by atoms with Crippen molar-refractivity contribution in [1.29, 1.82) is 0 Å². The zero-order valence-corrected chi connectivity index (χ0v) is 15.2. The maximum absolute atomic E-state index is 15.0. The van der Waals surface area contributed by atoms with Crippen LogP contribution in [0.25, 0.3) is 0 Å². The van der Waals surface area contributed by atoms with E-state index in [1.165, 1.54) is 23.9 Å². The molecule has 138 valence electrons. The predicted octanol–water partition coefficient (Wildman–Crippen LogP) is 2.94. The number of fused-ring (bicyclic) bond motifs is 3. The van der Waals surface area contributed by atoms with Crippen LogP contribution in [0, 0.1) is 11.8 Å². The molecule has 1 aromatic carbocycles. The first-order chi connectivity index (χ1) is 12.3. The molecule has 1 saturated carbocycles. The number of piperidine rings is 1. The smallest absolute Gasteiger partial charge is 0.317 e. The molecule has 2 aliphatic heterocycles. The minimum atomic E-state index is -1.37. The number of nitrogens with zero attached hydrogens (tertiary/aromatic N) is 1. The molecule has 2 heterocycles. The number of hydrogen-bond donors (Lipinski definition) is 2. The number of Topliss-reactive ketones (excluding diaryl/α,β-unsaturated/α-hetero) is 1. The minimum Gasteiger partial charge on any atom is -0.508 e. The van der Waals surface area contributed by atoms with Crippen LogP contribution in [-0.4, -0.2) is 49.8 Å². The van der Waals surface area contributed by atoms with Crippen LogP contribution in [0.1, 0.15) is 17.9 Å². The van der Waals surface area contributed by atoms with E-state index in [2.05, 4.69) is 6.58 Å². The van der Waals surface area contributed by atoms with Crippen molar-refractivity contribution >= 4 is 35.1 Å². The molecule has 5 nitrogen and oxygen atoms in total. The molecule has 4 rings (SSSR count). The number of rotatable bonds is 2. The summed E-state index contributed by atoms with van der Waals surface area (Å²) in [6.07, 6.45) is -1.44. The van der Waals surface area contributed by atoms with E-state index < -0.39 is 52.5 Å². The number of hydrogen-bond acceptors (Lipinski definition) is 5. The molecule has 7 atom stereocenters. The summed E-state index contributed by atoms with van der Waals surface area (Å²) in [5.41, 5.74) is 0.650. The summed E-state index contributed by atoms with van der Waals surface area (Å²) in [7, 11) is 0. The Morgan fingerprint density at radius 3 is 2.58 bits per heavy atom. The monoisotopic (exact) mass is 397 g/mol. The van der Waals surface area contributed by atoms with Crippen LogP contribution < -0.4 is 0 Å². The molecule has 3 fully saturated rings. The van der Waals surface area contributed by atoms with E-state index >= 15 is 4.39 Å². The Kier molecular flexibility index (Phi) is 4.19. The van der Waals surface area contributed by atoms with Crippen LogP contribution >= 0.6 is 23.4 Å². The first-order valence-electron chi connectivity index (χ1n) is 8.28. The van der Waals surface area contributed by atoms with E-state index in [9.17, 15) is 19.8 Å². The number of ketones is 1. The summed E-state index contributed by atoms with van der Waals surface area (Å²) < 4.78 is 15.0. The molecule has 26 heavy (non-hydrogen) atoms.